The third-order valence-corrected chi connectivity index (χ3v) is 4.74. The van der Waals surface area contributed by atoms with Crippen LogP contribution in [0.5, 0.6) is 0 Å². The minimum Gasteiger partial charge on any atom is -0.461 e. The second kappa shape index (κ2) is 7.01. The quantitative estimate of drug-likeness (QED) is 0.630. The number of carbonyl (C=O) groups excluding carboxylic acids is 3. The number of halogens is 1. The van der Waals surface area contributed by atoms with Crippen molar-refractivity contribution in [3.8, 4) is 0 Å². The molecule has 1 N–H and O–H groups in total. The van der Waals surface area contributed by atoms with Crippen LogP contribution in [0.15, 0.2) is 65.9 Å². The lowest BCUT2D eigenvalue weighted by Gasteiger charge is -2.26. The first-order valence-corrected chi connectivity index (χ1v) is 9.06. The summed E-state index contributed by atoms with van der Waals surface area (Å²) in [6.45, 7) is 1.82. The molecule has 0 bridgehead atoms. The lowest BCUT2D eigenvalue weighted by atomic mass is 10.1. The van der Waals surface area contributed by atoms with E-state index in [1.807, 2.05) is 6.07 Å². The monoisotopic (exact) mass is 397 g/mol. The van der Waals surface area contributed by atoms with Crippen LogP contribution in [0.1, 0.15) is 6.92 Å². The molecule has 2 aromatic carbocycles. The Bertz CT molecular complexity index is 1010. The molecule has 7 nitrogen and oxygen atoms in total. The van der Waals surface area contributed by atoms with Crippen molar-refractivity contribution in [2.24, 2.45) is 0 Å². The zero-order valence-corrected chi connectivity index (χ0v) is 15.6. The lowest BCUT2D eigenvalue weighted by molar-refractivity contribution is -0.139. The number of hydrogen-bond acceptors (Lipinski definition) is 6. The predicted molar refractivity (Wildman–Crippen MR) is 103 cm³/mol. The van der Waals surface area contributed by atoms with E-state index in [-0.39, 0.29) is 17.9 Å². The summed E-state index contributed by atoms with van der Waals surface area (Å²) in [7, 11) is 0. The van der Waals surface area contributed by atoms with Crippen molar-refractivity contribution in [1.82, 2.24) is 5.43 Å². The fourth-order valence-electron chi connectivity index (χ4n) is 3.33. The highest BCUT2D eigenvalue weighted by molar-refractivity contribution is 6.35. The molecule has 2 amide bonds. The van der Waals surface area contributed by atoms with Crippen LogP contribution >= 0.6 is 11.6 Å². The van der Waals surface area contributed by atoms with E-state index < -0.39 is 23.8 Å². The molecule has 2 heterocycles. The predicted octanol–water partition coefficient (Wildman–Crippen LogP) is 2.42. The number of hydrazine groups is 1. The first-order valence-electron chi connectivity index (χ1n) is 8.69. The molecule has 0 saturated carbocycles. The van der Waals surface area contributed by atoms with Crippen LogP contribution in [0.25, 0.3) is 0 Å². The van der Waals surface area contributed by atoms with Crippen LogP contribution in [-0.4, -0.2) is 30.4 Å². The molecular weight excluding hydrogens is 382 g/mol. The Kier molecular flexibility index (Phi) is 4.52. The smallest absolute Gasteiger partial charge is 0.356 e. The van der Waals surface area contributed by atoms with Crippen molar-refractivity contribution in [3.63, 3.8) is 0 Å². The number of nitrogens with zero attached hydrogens (tertiary/aromatic N) is 2. The summed E-state index contributed by atoms with van der Waals surface area (Å²) < 4.78 is 5.07. The Balaban J connectivity index is 1.82. The fraction of sp³-hybridized carbons (Fsp3) is 0.150. The number of amides is 2. The van der Waals surface area contributed by atoms with Gasteiger partial charge in [-0.15, -0.1) is 0 Å². The summed E-state index contributed by atoms with van der Waals surface area (Å²) in [5, 5.41) is 1.90. The van der Waals surface area contributed by atoms with Crippen LogP contribution in [0.4, 0.5) is 11.4 Å². The molecule has 142 valence electrons. The van der Waals surface area contributed by atoms with E-state index in [0.29, 0.717) is 16.4 Å². The average Bonchev–Trinajstić information content (AvgIpc) is 3.20. The molecule has 2 aliphatic heterocycles. The zero-order chi connectivity index (χ0) is 19.8. The molecule has 0 aliphatic carbocycles. The van der Waals surface area contributed by atoms with Crippen LogP contribution in [0.3, 0.4) is 0 Å². The summed E-state index contributed by atoms with van der Waals surface area (Å²) in [4.78, 5) is 39.8. The number of carbonyl (C=O) groups is 3. The molecule has 1 saturated heterocycles. The Hall–Kier alpha value is -3.32. The number of ether oxygens (including phenoxy) is 1. The van der Waals surface area contributed by atoms with Gasteiger partial charge in [0, 0.05) is 5.02 Å². The Morgan fingerprint density at radius 2 is 1.82 bits per heavy atom. The number of rotatable bonds is 4. The summed E-state index contributed by atoms with van der Waals surface area (Å²) >= 11 is 6.03. The van der Waals surface area contributed by atoms with Crippen LogP contribution < -0.4 is 15.3 Å². The number of nitrogens with one attached hydrogen (secondary N) is 1. The maximum absolute atomic E-state index is 13.2. The van der Waals surface area contributed by atoms with Gasteiger partial charge in [-0.3, -0.25) is 20.0 Å². The first-order chi connectivity index (χ1) is 13.5. The Labute approximate surface area is 166 Å². The van der Waals surface area contributed by atoms with Crippen molar-refractivity contribution >= 4 is 40.8 Å². The molecule has 2 aromatic rings. The molecule has 0 spiro atoms. The molecular formula is C20H16ClN3O4. The van der Waals surface area contributed by atoms with Crippen molar-refractivity contribution in [2.45, 2.75) is 13.0 Å². The van der Waals surface area contributed by atoms with Crippen LogP contribution in [0, 0.1) is 0 Å². The van der Waals surface area contributed by atoms with E-state index in [1.165, 1.54) is 11.1 Å². The van der Waals surface area contributed by atoms with E-state index in [9.17, 15) is 14.4 Å². The van der Waals surface area contributed by atoms with E-state index in [4.69, 9.17) is 16.3 Å². The van der Waals surface area contributed by atoms with Crippen molar-refractivity contribution in [2.75, 3.05) is 16.5 Å². The van der Waals surface area contributed by atoms with Gasteiger partial charge in [-0.25, -0.2) is 9.69 Å². The molecule has 1 atom stereocenters. The van der Waals surface area contributed by atoms with E-state index in [1.54, 1.807) is 49.4 Å². The molecule has 4 rings (SSSR count). The maximum atomic E-state index is 13.2. The van der Waals surface area contributed by atoms with Gasteiger partial charge in [0.25, 0.3) is 11.8 Å². The number of imide groups is 1. The Morgan fingerprint density at radius 1 is 1.11 bits per heavy atom. The fourth-order valence-corrected chi connectivity index (χ4v) is 3.52. The van der Waals surface area contributed by atoms with Gasteiger partial charge in [0.05, 0.1) is 23.6 Å². The largest absolute Gasteiger partial charge is 0.461 e. The van der Waals surface area contributed by atoms with Gasteiger partial charge in [-0.2, -0.15) is 0 Å². The average molecular weight is 398 g/mol. The summed E-state index contributed by atoms with van der Waals surface area (Å²) in [5.74, 6) is -1.74. The van der Waals surface area contributed by atoms with Gasteiger partial charge < -0.3 is 4.74 Å². The Morgan fingerprint density at radius 3 is 2.50 bits per heavy atom. The summed E-state index contributed by atoms with van der Waals surface area (Å²) in [5.41, 5.74) is 3.90. The van der Waals surface area contributed by atoms with E-state index >= 15 is 0 Å². The number of hydrogen-bond donors (Lipinski definition) is 1. The van der Waals surface area contributed by atoms with Gasteiger partial charge in [0.2, 0.25) is 0 Å². The number of esters is 1. The minimum absolute atomic E-state index is 0.0291. The van der Waals surface area contributed by atoms with Gasteiger partial charge in [0.15, 0.2) is 11.7 Å². The molecule has 1 fully saturated rings. The zero-order valence-electron chi connectivity index (χ0n) is 14.9. The van der Waals surface area contributed by atoms with E-state index in [2.05, 4.69) is 5.43 Å². The van der Waals surface area contributed by atoms with Gasteiger partial charge >= 0.3 is 5.97 Å². The minimum atomic E-state index is -0.978. The number of fused-ring (bicyclic) bond motifs is 1. The highest BCUT2D eigenvalue weighted by atomic mass is 35.5. The lowest BCUT2D eigenvalue weighted by Crippen LogP contribution is -2.46. The summed E-state index contributed by atoms with van der Waals surface area (Å²) in [6.07, 6.45) is 0. The van der Waals surface area contributed by atoms with Crippen molar-refractivity contribution in [3.05, 3.63) is 70.9 Å². The third kappa shape index (κ3) is 2.80. The molecule has 0 aromatic heterocycles. The van der Waals surface area contributed by atoms with Crippen LogP contribution in [-0.2, 0) is 19.1 Å². The van der Waals surface area contributed by atoms with Crippen molar-refractivity contribution in [1.29, 1.82) is 0 Å². The first kappa shape index (κ1) is 18.1. The molecule has 2 aliphatic rings. The standard InChI is InChI=1S/C20H16ClN3O4/c1-2-28-20(27)16-15-17(24(22-16)13-8-4-3-5-9-13)19(26)23(18(15)25)14-10-6-7-12(21)11-14/h3-11,17,22H,2H2,1H3/t17-/m1/s1. The normalized spacial score (nSPS) is 18.4. The molecule has 0 unspecified atom stereocenters. The number of anilines is 2. The highest BCUT2D eigenvalue weighted by Crippen LogP contribution is 2.37. The van der Waals surface area contributed by atoms with Crippen LogP contribution in [0.2, 0.25) is 5.02 Å². The van der Waals surface area contributed by atoms with Gasteiger partial charge in [-0.05, 0) is 37.3 Å². The topological polar surface area (TPSA) is 79.0 Å². The number of para-hydroxylation sites is 1. The highest BCUT2D eigenvalue weighted by Gasteiger charge is 2.54. The molecule has 8 heteroatoms. The van der Waals surface area contributed by atoms with Crippen molar-refractivity contribution < 1.29 is 19.1 Å². The van der Waals surface area contributed by atoms with E-state index in [0.717, 1.165) is 4.90 Å². The summed E-state index contributed by atoms with van der Waals surface area (Å²) in [6, 6.07) is 14.5. The molecule has 28 heavy (non-hydrogen) atoms. The maximum Gasteiger partial charge on any atom is 0.356 e. The second-order valence-electron chi connectivity index (χ2n) is 6.19. The van der Waals surface area contributed by atoms with Gasteiger partial charge in [-0.1, -0.05) is 35.9 Å². The SMILES string of the molecule is CCOC(=O)C1=C2C(=O)N(c3cccc(Cl)c3)C(=O)[C@@H]2N(c2ccccc2)N1. The molecule has 0 radical (unpaired) electrons. The third-order valence-electron chi connectivity index (χ3n) is 4.50. The second-order valence-corrected chi connectivity index (χ2v) is 6.62. The van der Waals surface area contributed by atoms with Gasteiger partial charge in [0.1, 0.15) is 0 Å². The number of benzene rings is 2.